The zero-order valence-electron chi connectivity index (χ0n) is 12.4. The van der Waals surface area contributed by atoms with Crippen molar-refractivity contribution in [2.45, 2.75) is 46.7 Å². The zero-order valence-corrected chi connectivity index (χ0v) is 12.4. The molecule has 17 heavy (non-hydrogen) atoms. The fourth-order valence-electron chi connectivity index (χ4n) is 2.53. The molecule has 0 radical (unpaired) electrons. The van der Waals surface area contributed by atoms with Crippen LogP contribution in [0.5, 0.6) is 0 Å². The lowest BCUT2D eigenvalue weighted by molar-refractivity contribution is 0.0418. The van der Waals surface area contributed by atoms with Crippen LogP contribution < -0.4 is 5.32 Å². The number of ether oxygens (including phenoxy) is 1. The van der Waals surface area contributed by atoms with E-state index in [-0.39, 0.29) is 0 Å². The highest BCUT2D eigenvalue weighted by atomic mass is 16.5. The fourth-order valence-corrected chi connectivity index (χ4v) is 2.53. The molecule has 0 aliphatic carbocycles. The molecule has 0 bridgehead atoms. The summed E-state index contributed by atoms with van der Waals surface area (Å²) < 4.78 is 5.23. The molecule has 3 heteroatoms. The second kappa shape index (κ2) is 6.17. The third kappa shape index (κ3) is 4.23. The summed E-state index contributed by atoms with van der Waals surface area (Å²) in [5, 5.41) is 3.71. The summed E-state index contributed by atoms with van der Waals surface area (Å²) in [6, 6.07) is 1.22. The Morgan fingerprint density at radius 1 is 1.35 bits per heavy atom. The maximum atomic E-state index is 5.23. The Morgan fingerprint density at radius 3 is 2.47 bits per heavy atom. The Bertz CT molecular complexity index is 223. The first kappa shape index (κ1) is 14.9. The van der Waals surface area contributed by atoms with Crippen LogP contribution in [0.15, 0.2) is 0 Å². The minimum atomic E-state index is 0.327. The molecule has 1 heterocycles. The zero-order chi connectivity index (χ0) is 13.1. The largest absolute Gasteiger partial charge is 0.383 e. The number of piperazine rings is 1. The molecule has 0 spiro atoms. The second-order valence-electron chi connectivity index (χ2n) is 6.63. The van der Waals surface area contributed by atoms with E-state index in [2.05, 4.69) is 44.8 Å². The SMILES string of the molecule is COCCN1CC(C(C)(C)C)NCC1C(C)C. The first-order valence-corrected chi connectivity index (χ1v) is 6.82. The lowest BCUT2D eigenvalue weighted by Crippen LogP contribution is -2.62. The Hall–Kier alpha value is -0.120. The number of rotatable bonds is 4. The molecule has 0 aromatic rings. The summed E-state index contributed by atoms with van der Waals surface area (Å²) in [7, 11) is 1.79. The smallest absolute Gasteiger partial charge is 0.0589 e. The molecule has 102 valence electrons. The van der Waals surface area contributed by atoms with Gasteiger partial charge in [-0.15, -0.1) is 0 Å². The molecule has 0 amide bonds. The van der Waals surface area contributed by atoms with Crippen molar-refractivity contribution in [3.8, 4) is 0 Å². The van der Waals surface area contributed by atoms with Crippen LogP contribution in [-0.4, -0.2) is 50.3 Å². The number of methoxy groups -OCH3 is 1. The van der Waals surface area contributed by atoms with Gasteiger partial charge in [-0.2, -0.15) is 0 Å². The lowest BCUT2D eigenvalue weighted by atomic mass is 9.83. The van der Waals surface area contributed by atoms with Gasteiger partial charge in [0.2, 0.25) is 0 Å². The van der Waals surface area contributed by atoms with E-state index in [4.69, 9.17) is 4.74 Å². The van der Waals surface area contributed by atoms with Gasteiger partial charge in [0.05, 0.1) is 6.61 Å². The molecule has 2 atom stereocenters. The van der Waals surface area contributed by atoms with Gasteiger partial charge in [0.15, 0.2) is 0 Å². The number of hydrogen-bond donors (Lipinski definition) is 1. The third-order valence-electron chi connectivity index (χ3n) is 3.86. The number of nitrogens with zero attached hydrogens (tertiary/aromatic N) is 1. The maximum Gasteiger partial charge on any atom is 0.0589 e. The van der Waals surface area contributed by atoms with Crippen molar-refractivity contribution in [3.05, 3.63) is 0 Å². The Labute approximate surface area is 107 Å². The van der Waals surface area contributed by atoms with E-state index in [9.17, 15) is 0 Å². The van der Waals surface area contributed by atoms with Crippen molar-refractivity contribution in [2.75, 3.05) is 33.4 Å². The topological polar surface area (TPSA) is 24.5 Å². The molecule has 1 aliphatic heterocycles. The Morgan fingerprint density at radius 2 is 2.00 bits per heavy atom. The van der Waals surface area contributed by atoms with E-state index < -0.39 is 0 Å². The predicted octanol–water partition coefficient (Wildman–Crippen LogP) is 1.98. The van der Waals surface area contributed by atoms with Crippen molar-refractivity contribution < 1.29 is 4.74 Å². The number of nitrogens with one attached hydrogen (secondary N) is 1. The van der Waals surface area contributed by atoms with Crippen molar-refractivity contribution in [3.63, 3.8) is 0 Å². The lowest BCUT2D eigenvalue weighted by Gasteiger charge is -2.46. The van der Waals surface area contributed by atoms with Crippen LogP contribution in [0.3, 0.4) is 0 Å². The molecular weight excluding hydrogens is 212 g/mol. The van der Waals surface area contributed by atoms with E-state index >= 15 is 0 Å². The second-order valence-corrected chi connectivity index (χ2v) is 6.63. The molecule has 2 unspecified atom stereocenters. The molecule has 0 saturated carbocycles. The normalized spacial score (nSPS) is 27.7. The van der Waals surface area contributed by atoms with Crippen molar-refractivity contribution in [1.29, 1.82) is 0 Å². The molecule has 3 nitrogen and oxygen atoms in total. The number of hydrogen-bond acceptors (Lipinski definition) is 3. The highest BCUT2D eigenvalue weighted by Gasteiger charge is 2.34. The van der Waals surface area contributed by atoms with Gasteiger partial charge in [-0.25, -0.2) is 0 Å². The van der Waals surface area contributed by atoms with Gasteiger partial charge in [-0.1, -0.05) is 34.6 Å². The van der Waals surface area contributed by atoms with Gasteiger partial charge in [-0.05, 0) is 11.3 Å². The summed E-state index contributed by atoms with van der Waals surface area (Å²) >= 11 is 0. The molecule has 1 N–H and O–H groups in total. The Balaban J connectivity index is 2.63. The van der Waals surface area contributed by atoms with Crippen LogP contribution in [0.2, 0.25) is 0 Å². The molecule has 1 rings (SSSR count). The van der Waals surface area contributed by atoms with Gasteiger partial charge < -0.3 is 10.1 Å². The Kier molecular flexibility index (Phi) is 5.42. The van der Waals surface area contributed by atoms with Gasteiger partial charge in [0, 0.05) is 38.8 Å². The summed E-state index contributed by atoms with van der Waals surface area (Å²) in [5.41, 5.74) is 0.327. The summed E-state index contributed by atoms with van der Waals surface area (Å²) in [4.78, 5) is 2.60. The van der Waals surface area contributed by atoms with Crippen molar-refractivity contribution in [1.82, 2.24) is 10.2 Å². The van der Waals surface area contributed by atoms with E-state index in [0.29, 0.717) is 23.4 Å². The molecular formula is C14H30N2O. The van der Waals surface area contributed by atoms with Crippen LogP contribution in [0.25, 0.3) is 0 Å². The van der Waals surface area contributed by atoms with Gasteiger partial charge in [-0.3, -0.25) is 4.90 Å². The minimum Gasteiger partial charge on any atom is -0.383 e. The van der Waals surface area contributed by atoms with Crippen LogP contribution >= 0.6 is 0 Å². The third-order valence-corrected chi connectivity index (χ3v) is 3.86. The quantitative estimate of drug-likeness (QED) is 0.816. The van der Waals surface area contributed by atoms with E-state index in [0.717, 1.165) is 26.2 Å². The van der Waals surface area contributed by atoms with Gasteiger partial charge in [0.1, 0.15) is 0 Å². The molecule has 1 fully saturated rings. The van der Waals surface area contributed by atoms with Crippen molar-refractivity contribution in [2.24, 2.45) is 11.3 Å². The van der Waals surface area contributed by atoms with Crippen molar-refractivity contribution >= 4 is 0 Å². The predicted molar refractivity (Wildman–Crippen MR) is 73.3 cm³/mol. The van der Waals surface area contributed by atoms with Crippen LogP contribution in [0.4, 0.5) is 0 Å². The average molecular weight is 242 g/mol. The minimum absolute atomic E-state index is 0.327. The average Bonchev–Trinajstić information content (AvgIpc) is 2.24. The maximum absolute atomic E-state index is 5.23. The fraction of sp³-hybridized carbons (Fsp3) is 1.00. The molecule has 1 aliphatic rings. The monoisotopic (exact) mass is 242 g/mol. The molecule has 1 saturated heterocycles. The van der Waals surface area contributed by atoms with E-state index in [1.807, 2.05) is 0 Å². The summed E-state index contributed by atoms with van der Waals surface area (Å²) in [5.74, 6) is 0.695. The first-order chi connectivity index (χ1) is 7.86. The summed E-state index contributed by atoms with van der Waals surface area (Å²) in [6.45, 7) is 15.7. The van der Waals surface area contributed by atoms with Crippen LogP contribution in [-0.2, 0) is 4.74 Å². The van der Waals surface area contributed by atoms with Gasteiger partial charge in [0.25, 0.3) is 0 Å². The molecule has 0 aromatic carbocycles. The van der Waals surface area contributed by atoms with Crippen LogP contribution in [0.1, 0.15) is 34.6 Å². The van der Waals surface area contributed by atoms with Crippen LogP contribution in [0, 0.1) is 11.3 Å². The van der Waals surface area contributed by atoms with E-state index in [1.165, 1.54) is 0 Å². The standard InChI is InChI=1S/C14H30N2O/c1-11(2)12-9-15-13(14(3,4)5)10-16(12)7-8-17-6/h11-13,15H,7-10H2,1-6H3. The highest BCUT2D eigenvalue weighted by Crippen LogP contribution is 2.25. The summed E-state index contributed by atoms with van der Waals surface area (Å²) in [6.07, 6.45) is 0. The first-order valence-electron chi connectivity index (χ1n) is 6.82. The highest BCUT2D eigenvalue weighted by molar-refractivity contribution is 4.92. The molecule has 0 aromatic heterocycles. The van der Waals surface area contributed by atoms with Gasteiger partial charge >= 0.3 is 0 Å². The van der Waals surface area contributed by atoms with E-state index in [1.54, 1.807) is 7.11 Å².